The number of hydrogen-bond donors (Lipinski definition) is 0. The topological polar surface area (TPSA) is 16.1 Å². The molecule has 94 valence electrons. The van der Waals surface area contributed by atoms with Gasteiger partial charge in [0, 0.05) is 30.4 Å². The predicted molar refractivity (Wildman–Crippen MR) is 77.7 cm³/mol. The van der Waals surface area contributed by atoms with E-state index in [0.717, 1.165) is 13.1 Å². The van der Waals surface area contributed by atoms with Gasteiger partial charge in [-0.2, -0.15) is 0 Å². The van der Waals surface area contributed by atoms with Gasteiger partial charge in [-0.1, -0.05) is 31.5 Å². The molecule has 1 aromatic carbocycles. The standard InChI is InChI=1S/C15H17ClN2/c1-10(2)11-4-5-14(18-6-3-7-18)13-9-17-15(16)8-12(11)13/h4-5,8-10H,3,6-7H2,1-2H3. The van der Waals surface area contributed by atoms with Gasteiger partial charge in [0.25, 0.3) is 0 Å². The first-order chi connectivity index (χ1) is 8.66. The fourth-order valence-electron chi connectivity index (χ4n) is 2.56. The van der Waals surface area contributed by atoms with Crippen molar-refractivity contribution in [3.63, 3.8) is 0 Å². The van der Waals surface area contributed by atoms with Gasteiger partial charge >= 0.3 is 0 Å². The first-order valence-corrected chi connectivity index (χ1v) is 6.87. The fraction of sp³-hybridized carbons (Fsp3) is 0.400. The minimum Gasteiger partial charge on any atom is -0.371 e. The Balaban J connectivity index is 2.25. The van der Waals surface area contributed by atoms with E-state index in [9.17, 15) is 0 Å². The van der Waals surface area contributed by atoms with Gasteiger partial charge in [-0.05, 0) is 35.4 Å². The van der Waals surface area contributed by atoms with Crippen LogP contribution in [-0.2, 0) is 0 Å². The first-order valence-electron chi connectivity index (χ1n) is 6.50. The summed E-state index contributed by atoms with van der Waals surface area (Å²) < 4.78 is 0. The summed E-state index contributed by atoms with van der Waals surface area (Å²) >= 11 is 6.05. The molecular weight excluding hydrogens is 244 g/mol. The van der Waals surface area contributed by atoms with Crippen LogP contribution in [0.3, 0.4) is 0 Å². The minimum atomic E-state index is 0.497. The predicted octanol–water partition coefficient (Wildman–Crippen LogP) is 4.22. The van der Waals surface area contributed by atoms with Crippen LogP contribution in [0.25, 0.3) is 10.8 Å². The third kappa shape index (κ3) is 1.85. The first kappa shape index (κ1) is 11.8. The number of nitrogens with zero attached hydrogens (tertiary/aromatic N) is 2. The van der Waals surface area contributed by atoms with E-state index < -0.39 is 0 Å². The van der Waals surface area contributed by atoms with Crippen molar-refractivity contribution >= 4 is 28.1 Å². The molecule has 2 nitrogen and oxygen atoms in total. The molecule has 0 amide bonds. The zero-order valence-corrected chi connectivity index (χ0v) is 11.5. The highest BCUT2D eigenvalue weighted by atomic mass is 35.5. The molecule has 1 fully saturated rings. The summed E-state index contributed by atoms with van der Waals surface area (Å²) in [4.78, 5) is 6.65. The smallest absolute Gasteiger partial charge is 0.129 e. The van der Waals surface area contributed by atoms with E-state index in [2.05, 4.69) is 35.9 Å². The molecule has 0 N–H and O–H groups in total. The van der Waals surface area contributed by atoms with Gasteiger partial charge in [0.05, 0.1) is 0 Å². The number of hydrogen-bond acceptors (Lipinski definition) is 2. The van der Waals surface area contributed by atoms with Gasteiger partial charge in [-0.15, -0.1) is 0 Å². The SMILES string of the molecule is CC(C)c1ccc(N2CCC2)c2cnc(Cl)cc12. The molecule has 0 spiro atoms. The number of anilines is 1. The Bertz CT molecular complexity index is 588. The van der Waals surface area contributed by atoms with E-state index in [0.29, 0.717) is 11.1 Å². The summed E-state index contributed by atoms with van der Waals surface area (Å²) in [5.41, 5.74) is 2.64. The van der Waals surface area contributed by atoms with Crippen molar-refractivity contribution < 1.29 is 0 Å². The van der Waals surface area contributed by atoms with Crippen molar-refractivity contribution in [2.24, 2.45) is 0 Å². The minimum absolute atomic E-state index is 0.497. The lowest BCUT2D eigenvalue weighted by Crippen LogP contribution is -2.37. The third-order valence-corrected chi connectivity index (χ3v) is 3.90. The summed E-state index contributed by atoms with van der Waals surface area (Å²) in [6.07, 6.45) is 3.20. The second-order valence-corrected chi connectivity index (χ2v) is 5.61. The maximum atomic E-state index is 6.05. The Labute approximate surface area is 113 Å². The van der Waals surface area contributed by atoms with Crippen molar-refractivity contribution in [1.29, 1.82) is 0 Å². The number of aromatic nitrogens is 1. The van der Waals surface area contributed by atoms with Crippen molar-refractivity contribution in [1.82, 2.24) is 4.98 Å². The molecule has 0 bridgehead atoms. The number of benzene rings is 1. The van der Waals surface area contributed by atoms with Crippen LogP contribution >= 0.6 is 11.6 Å². The van der Waals surface area contributed by atoms with Crippen LogP contribution in [0.15, 0.2) is 24.4 Å². The highest BCUT2D eigenvalue weighted by Crippen LogP contribution is 2.35. The van der Waals surface area contributed by atoms with Gasteiger partial charge < -0.3 is 4.90 Å². The molecule has 0 aliphatic carbocycles. The van der Waals surface area contributed by atoms with Gasteiger partial charge in [0.1, 0.15) is 5.15 Å². The summed E-state index contributed by atoms with van der Waals surface area (Å²) in [5.74, 6) is 0.497. The Kier molecular flexibility index (Phi) is 2.90. The molecule has 1 saturated heterocycles. The van der Waals surface area contributed by atoms with Crippen LogP contribution < -0.4 is 4.90 Å². The van der Waals surface area contributed by atoms with Crippen molar-refractivity contribution in [2.45, 2.75) is 26.2 Å². The van der Waals surface area contributed by atoms with Gasteiger partial charge in [-0.3, -0.25) is 0 Å². The summed E-state index contributed by atoms with van der Waals surface area (Å²) in [6, 6.07) is 6.46. The van der Waals surface area contributed by atoms with Gasteiger partial charge in [-0.25, -0.2) is 4.98 Å². The Morgan fingerprint density at radius 3 is 2.61 bits per heavy atom. The zero-order valence-electron chi connectivity index (χ0n) is 10.8. The largest absolute Gasteiger partial charge is 0.371 e. The molecule has 1 aliphatic rings. The summed E-state index contributed by atoms with van der Waals surface area (Å²) in [5, 5.41) is 3.05. The molecule has 18 heavy (non-hydrogen) atoms. The summed E-state index contributed by atoms with van der Waals surface area (Å²) in [7, 11) is 0. The molecular formula is C15H17ClN2. The zero-order chi connectivity index (χ0) is 12.7. The van der Waals surface area contributed by atoms with Crippen molar-refractivity contribution in [2.75, 3.05) is 18.0 Å². The molecule has 2 aromatic rings. The molecule has 2 heterocycles. The van der Waals surface area contributed by atoms with Crippen LogP contribution in [0.5, 0.6) is 0 Å². The van der Waals surface area contributed by atoms with E-state index in [1.807, 2.05) is 12.3 Å². The van der Waals surface area contributed by atoms with Crippen LogP contribution in [0.4, 0.5) is 5.69 Å². The number of pyridine rings is 1. The number of rotatable bonds is 2. The lowest BCUT2D eigenvalue weighted by atomic mass is 9.95. The number of halogens is 1. The van der Waals surface area contributed by atoms with Crippen LogP contribution in [0.2, 0.25) is 5.15 Å². The van der Waals surface area contributed by atoms with Crippen LogP contribution in [0.1, 0.15) is 31.7 Å². The van der Waals surface area contributed by atoms with E-state index in [-0.39, 0.29) is 0 Å². The molecule has 1 aromatic heterocycles. The Morgan fingerprint density at radius 1 is 1.22 bits per heavy atom. The normalized spacial score (nSPS) is 15.2. The second kappa shape index (κ2) is 4.43. The number of fused-ring (bicyclic) bond motifs is 1. The average molecular weight is 261 g/mol. The van der Waals surface area contributed by atoms with E-state index in [1.54, 1.807) is 0 Å². The molecule has 0 saturated carbocycles. The quantitative estimate of drug-likeness (QED) is 0.752. The third-order valence-electron chi connectivity index (χ3n) is 3.70. The van der Waals surface area contributed by atoms with E-state index >= 15 is 0 Å². The maximum Gasteiger partial charge on any atom is 0.129 e. The van der Waals surface area contributed by atoms with Gasteiger partial charge in [0.15, 0.2) is 0 Å². The lowest BCUT2D eigenvalue weighted by molar-refractivity contribution is 0.619. The monoisotopic (exact) mass is 260 g/mol. The molecule has 0 unspecified atom stereocenters. The van der Waals surface area contributed by atoms with Crippen molar-refractivity contribution in [3.05, 3.63) is 35.1 Å². The highest BCUT2D eigenvalue weighted by molar-refractivity contribution is 6.30. The maximum absolute atomic E-state index is 6.05. The van der Waals surface area contributed by atoms with Crippen molar-refractivity contribution in [3.8, 4) is 0 Å². The Morgan fingerprint density at radius 2 is 2.00 bits per heavy atom. The average Bonchev–Trinajstić information content (AvgIpc) is 2.26. The van der Waals surface area contributed by atoms with Gasteiger partial charge in [0.2, 0.25) is 0 Å². The lowest BCUT2D eigenvalue weighted by Gasteiger charge is -2.34. The fourth-order valence-corrected chi connectivity index (χ4v) is 2.72. The van der Waals surface area contributed by atoms with E-state index in [1.165, 1.54) is 28.4 Å². The Hall–Kier alpha value is -1.28. The van der Waals surface area contributed by atoms with Crippen LogP contribution in [-0.4, -0.2) is 18.1 Å². The summed E-state index contributed by atoms with van der Waals surface area (Å²) in [6.45, 7) is 6.73. The molecule has 0 radical (unpaired) electrons. The molecule has 0 atom stereocenters. The molecule has 3 rings (SSSR count). The highest BCUT2D eigenvalue weighted by Gasteiger charge is 2.18. The molecule has 1 aliphatic heterocycles. The van der Waals surface area contributed by atoms with E-state index in [4.69, 9.17) is 11.6 Å². The van der Waals surface area contributed by atoms with Crippen LogP contribution in [0, 0.1) is 0 Å². The molecule has 3 heteroatoms. The second-order valence-electron chi connectivity index (χ2n) is 5.22.